The lowest BCUT2D eigenvalue weighted by Gasteiger charge is -2.11. The van der Waals surface area contributed by atoms with Crippen LogP contribution >= 0.6 is 0 Å². The highest BCUT2D eigenvalue weighted by Crippen LogP contribution is 2.15. The van der Waals surface area contributed by atoms with E-state index in [1.807, 2.05) is 19.9 Å². The summed E-state index contributed by atoms with van der Waals surface area (Å²) < 4.78 is 8.48. The summed E-state index contributed by atoms with van der Waals surface area (Å²) >= 11 is 0. The van der Waals surface area contributed by atoms with E-state index >= 15 is 0 Å². The van der Waals surface area contributed by atoms with E-state index < -0.39 is 0 Å². The van der Waals surface area contributed by atoms with Crippen molar-refractivity contribution in [2.24, 2.45) is 0 Å². The van der Waals surface area contributed by atoms with E-state index in [0.717, 1.165) is 12.0 Å². The average molecular weight is 392 g/mol. The monoisotopic (exact) mass is 392 g/mol. The van der Waals surface area contributed by atoms with Crippen LogP contribution in [0.25, 0.3) is 16.7 Å². The molecule has 0 aliphatic rings. The molecule has 0 aromatic carbocycles. The number of anilines is 1. The van der Waals surface area contributed by atoms with Gasteiger partial charge in [-0.1, -0.05) is 18.0 Å². The summed E-state index contributed by atoms with van der Waals surface area (Å²) in [5.74, 6) is 0.529. The predicted octanol–water partition coefficient (Wildman–Crippen LogP) is 1.96. The Labute approximate surface area is 166 Å². The quantitative estimate of drug-likeness (QED) is 0.399. The molecule has 148 valence electrons. The van der Waals surface area contributed by atoms with Gasteiger partial charge < -0.3 is 15.5 Å². The number of rotatable bonds is 5. The maximum absolute atomic E-state index is 13.1. The topological polar surface area (TPSA) is 107 Å². The lowest BCUT2D eigenvalue weighted by Crippen LogP contribution is -2.42. The Morgan fingerprint density at radius 2 is 2.17 bits per heavy atom. The second kappa shape index (κ2) is 7.38. The van der Waals surface area contributed by atoms with Crippen molar-refractivity contribution in [3.05, 3.63) is 70.0 Å². The van der Waals surface area contributed by atoms with E-state index in [4.69, 9.17) is 10.2 Å². The van der Waals surface area contributed by atoms with E-state index in [9.17, 15) is 9.59 Å². The fraction of sp³-hybridized carbons (Fsp3) is 0.238. The summed E-state index contributed by atoms with van der Waals surface area (Å²) in [6.45, 7) is 4.67. The van der Waals surface area contributed by atoms with Crippen LogP contribution in [0.15, 0.2) is 52.0 Å². The molecule has 29 heavy (non-hydrogen) atoms. The number of pyridine rings is 2. The summed E-state index contributed by atoms with van der Waals surface area (Å²) in [7, 11) is 0. The summed E-state index contributed by atoms with van der Waals surface area (Å²) in [4.78, 5) is 30.6. The zero-order valence-corrected chi connectivity index (χ0v) is 16.3. The largest absolute Gasteiger partial charge is 0.467 e. The maximum Gasteiger partial charge on any atom is 0.278 e. The molecule has 4 aromatic rings. The molecule has 4 aromatic heterocycles. The Morgan fingerprint density at radius 1 is 1.34 bits per heavy atom. The number of aryl methyl sites for hydroxylation is 2. The van der Waals surface area contributed by atoms with Crippen molar-refractivity contribution in [3.63, 3.8) is 0 Å². The predicted molar refractivity (Wildman–Crippen MR) is 108 cm³/mol. The van der Waals surface area contributed by atoms with Gasteiger partial charge in [-0.15, -0.1) is 0 Å². The number of nitrogens with zero attached hydrogens (tertiary/aromatic N) is 3. The van der Waals surface area contributed by atoms with Crippen LogP contribution in [0, 0.1) is 6.92 Å². The van der Waals surface area contributed by atoms with Gasteiger partial charge in [0.25, 0.3) is 17.1 Å². The number of nitrogens with one attached hydrogen (secondary N) is 1. The second-order valence-electron chi connectivity index (χ2n) is 6.95. The number of carbonyl (C=O) groups is 1. The van der Waals surface area contributed by atoms with Crippen molar-refractivity contribution in [1.82, 2.24) is 14.7 Å². The Balaban J connectivity index is 1.89. The van der Waals surface area contributed by atoms with Gasteiger partial charge in [-0.3, -0.25) is 14.0 Å². The van der Waals surface area contributed by atoms with Gasteiger partial charge in [-0.05, 0) is 43.2 Å². The molecule has 0 radical (unpaired) electrons. The minimum absolute atomic E-state index is 0.227. The first kappa shape index (κ1) is 18.7. The molecule has 0 fully saturated rings. The van der Waals surface area contributed by atoms with Crippen molar-refractivity contribution in [2.45, 2.75) is 33.4 Å². The van der Waals surface area contributed by atoms with E-state index in [0.29, 0.717) is 29.0 Å². The van der Waals surface area contributed by atoms with Crippen molar-refractivity contribution < 1.29 is 13.8 Å². The molecular weight excluding hydrogens is 370 g/mol. The first-order chi connectivity index (χ1) is 14.0. The van der Waals surface area contributed by atoms with E-state index in [1.165, 1.54) is 10.5 Å². The molecule has 0 unspecified atom stereocenters. The number of amides is 1. The molecule has 0 saturated heterocycles. The molecule has 0 bridgehead atoms. The maximum atomic E-state index is 13.1. The van der Waals surface area contributed by atoms with Crippen LogP contribution in [-0.2, 0) is 13.1 Å². The summed E-state index contributed by atoms with van der Waals surface area (Å²) in [6.07, 6.45) is 4.05. The molecular formula is C21H22N5O3+. The van der Waals surface area contributed by atoms with Crippen LogP contribution < -0.4 is 21.2 Å². The van der Waals surface area contributed by atoms with Crippen LogP contribution in [0.2, 0.25) is 0 Å². The highest BCUT2D eigenvalue weighted by molar-refractivity contribution is 6.00. The molecule has 0 aliphatic carbocycles. The average Bonchev–Trinajstić information content (AvgIpc) is 3.23. The third kappa shape index (κ3) is 3.33. The van der Waals surface area contributed by atoms with Gasteiger partial charge >= 0.3 is 0 Å². The summed E-state index contributed by atoms with van der Waals surface area (Å²) in [5.41, 5.74) is 8.28. The first-order valence-electron chi connectivity index (χ1n) is 9.45. The molecule has 1 amide bonds. The normalized spacial score (nSPS) is 11.2. The van der Waals surface area contributed by atoms with Crippen molar-refractivity contribution >= 4 is 28.4 Å². The zero-order chi connectivity index (χ0) is 20.5. The lowest BCUT2D eigenvalue weighted by atomic mass is 10.1. The molecule has 4 rings (SSSR count). The minimum Gasteiger partial charge on any atom is -0.467 e. The molecule has 0 atom stereocenters. The Kier molecular flexibility index (Phi) is 4.75. The van der Waals surface area contributed by atoms with Crippen molar-refractivity contribution in [1.29, 1.82) is 0 Å². The van der Waals surface area contributed by atoms with Gasteiger partial charge in [0.15, 0.2) is 0 Å². The zero-order valence-electron chi connectivity index (χ0n) is 16.3. The highest BCUT2D eigenvalue weighted by Gasteiger charge is 2.24. The Hall–Kier alpha value is -3.68. The number of hydrogen-bond donors (Lipinski definition) is 2. The van der Waals surface area contributed by atoms with Crippen LogP contribution in [0.5, 0.6) is 0 Å². The third-order valence-corrected chi connectivity index (χ3v) is 4.79. The van der Waals surface area contributed by atoms with Crippen LogP contribution in [-0.4, -0.2) is 15.3 Å². The molecule has 8 nitrogen and oxygen atoms in total. The number of aromatic nitrogens is 3. The molecule has 0 saturated carbocycles. The molecule has 0 spiro atoms. The fourth-order valence-corrected chi connectivity index (χ4v) is 3.36. The summed E-state index contributed by atoms with van der Waals surface area (Å²) in [6, 6.07) is 8.75. The number of nitrogens with two attached hydrogens (primary N) is 1. The number of furan rings is 1. The molecule has 0 aliphatic heterocycles. The van der Waals surface area contributed by atoms with Crippen LogP contribution in [0.4, 0.5) is 5.82 Å². The van der Waals surface area contributed by atoms with E-state index in [2.05, 4.69) is 10.3 Å². The van der Waals surface area contributed by atoms with Gasteiger partial charge in [-0.2, -0.15) is 0 Å². The standard InChI is InChI=1S/C21H21N5O3/c1-3-8-25-18(22)15(20(27)23-11-14-5-4-9-29-14)10-16-19(25)24-17-7-6-13(2)12-26(17)21(16)28/h4-7,9-10,12,22H,3,8,11H2,1-2H3,(H,23,27)/p+1. The smallest absolute Gasteiger partial charge is 0.278 e. The third-order valence-electron chi connectivity index (χ3n) is 4.79. The van der Waals surface area contributed by atoms with E-state index in [-0.39, 0.29) is 29.4 Å². The SMILES string of the molecule is CCC[n+]1c(N)c(C(=O)NCc2ccco2)cc2c(=O)n3cc(C)ccc3nc21. The number of fused-ring (bicyclic) bond motifs is 2. The Morgan fingerprint density at radius 3 is 2.90 bits per heavy atom. The lowest BCUT2D eigenvalue weighted by molar-refractivity contribution is -0.658. The fourth-order valence-electron chi connectivity index (χ4n) is 3.36. The van der Waals surface area contributed by atoms with Gasteiger partial charge in [0.1, 0.15) is 16.7 Å². The van der Waals surface area contributed by atoms with Crippen LogP contribution in [0.1, 0.15) is 35.0 Å². The number of nitrogen functional groups attached to an aromatic ring is 1. The van der Waals surface area contributed by atoms with Crippen molar-refractivity contribution in [2.75, 3.05) is 5.73 Å². The van der Waals surface area contributed by atoms with Crippen LogP contribution in [0.3, 0.4) is 0 Å². The molecule has 8 heteroatoms. The van der Waals surface area contributed by atoms with Gasteiger partial charge in [0.2, 0.25) is 11.5 Å². The molecule has 3 N–H and O–H groups in total. The second-order valence-corrected chi connectivity index (χ2v) is 6.95. The van der Waals surface area contributed by atoms with Gasteiger partial charge in [0.05, 0.1) is 19.4 Å². The number of hydrogen-bond acceptors (Lipinski definition) is 5. The Bertz CT molecular complexity index is 1280. The molecule has 4 heterocycles. The van der Waals surface area contributed by atoms with E-state index in [1.54, 1.807) is 35.2 Å². The van der Waals surface area contributed by atoms with Gasteiger partial charge in [0, 0.05) is 6.20 Å². The minimum atomic E-state index is -0.376. The highest BCUT2D eigenvalue weighted by atomic mass is 16.3. The van der Waals surface area contributed by atoms with Crippen molar-refractivity contribution in [3.8, 4) is 0 Å². The van der Waals surface area contributed by atoms with Gasteiger partial charge in [-0.25, -0.2) is 4.57 Å². The summed E-state index contributed by atoms with van der Waals surface area (Å²) in [5, 5.41) is 3.13. The number of carbonyl (C=O) groups excluding carboxylic acids is 1. The first-order valence-corrected chi connectivity index (χ1v) is 9.45.